The molecule has 0 aliphatic heterocycles. The van der Waals surface area contributed by atoms with Crippen LogP contribution in [0.1, 0.15) is 52.3 Å². The van der Waals surface area contributed by atoms with Crippen molar-refractivity contribution in [3.05, 3.63) is 75.9 Å². The molecule has 2 heterocycles. The van der Waals surface area contributed by atoms with Gasteiger partial charge in [0.2, 0.25) is 0 Å². The lowest BCUT2D eigenvalue weighted by Gasteiger charge is -2.19. The number of carbonyl (C=O) groups is 1. The van der Waals surface area contributed by atoms with Crippen molar-refractivity contribution in [1.29, 1.82) is 0 Å². The summed E-state index contributed by atoms with van der Waals surface area (Å²) in [6.07, 6.45) is 2.93. The Morgan fingerprint density at radius 2 is 1.76 bits per heavy atom. The SMILES string of the molecule is CC(C)c1ccc(C(NC(=O)c2nccnc2N)c2cccs2)cc1. The van der Waals surface area contributed by atoms with Gasteiger partial charge >= 0.3 is 0 Å². The Morgan fingerprint density at radius 3 is 2.36 bits per heavy atom. The molecule has 25 heavy (non-hydrogen) atoms. The first-order valence-corrected chi connectivity index (χ1v) is 8.95. The van der Waals surface area contributed by atoms with E-state index in [2.05, 4.69) is 53.4 Å². The number of carbonyl (C=O) groups excluding carboxylic acids is 1. The zero-order valence-corrected chi connectivity index (χ0v) is 15.0. The van der Waals surface area contributed by atoms with Gasteiger partial charge in [0.1, 0.15) is 0 Å². The molecule has 1 amide bonds. The van der Waals surface area contributed by atoms with Gasteiger partial charge in [-0.1, -0.05) is 44.2 Å². The zero-order chi connectivity index (χ0) is 17.8. The maximum atomic E-state index is 12.6. The molecule has 0 saturated carbocycles. The summed E-state index contributed by atoms with van der Waals surface area (Å²) in [7, 11) is 0. The Hall–Kier alpha value is -2.73. The smallest absolute Gasteiger partial charge is 0.274 e. The van der Waals surface area contributed by atoms with Crippen molar-refractivity contribution >= 4 is 23.1 Å². The van der Waals surface area contributed by atoms with E-state index in [1.807, 2.05) is 17.5 Å². The minimum absolute atomic E-state index is 0.125. The molecular weight excluding hydrogens is 332 g/mol. The van der Waals surface area contributed by atoms with Crippen molar-refractivity contribution < 1.29 is 4.79 Å². The first-order valence-electron chi connectivity index (χ1n) is 8.07. The molecule has 2 aromatic heterocycles. The van der Waals surface area contributed by atoms with Crippen LogP contribution in [0.3, 0.4) is 0 Å². The minimum Gasteiger partial charge on any atom is -0.382 e. The number of nitrogen functional groups attached to an aromatic ring is 1. The molecule has 0 bridgehead atoms. The molecule has 3 rings (SSSR count). The van der Waals surface area contributed by atoms with E-state index in [0.717, 1.165) is 10.4 Å². The molecule has 0 aliphatic rings. The fourth-order valence-electron chi connectivity index (χ4n) is 2.57. The van der Waals surface area contributed by atoms with Gasteiger partial charge < -0.3 is 11.1 Å². The van der Waals surface area contributed by atoms with Gasteiger partial charge in [-0.25, -0.2) is 9.97 Å². The summed E-state index contributed by atoms with van der Waals surface area (Å²) >= 11 is 1.60. The van der Waals surface area contributed by atoms with Crippen LogP contribution in [0.5, 0.6) is 0 Å². The molecule has 5 nitrogen and oxygen atoms in total. The van der Waals surface area contributed by atoms with Gasteiger partial charge in [-0.15, -0.1) is 11.3 Å². The maximum Gasteiger partial charge on any atom is 0.274 e. The molecule has 1 unspecified atom stereocenters. The highest BCUT2D eigenvalue weighted by atomic mass is 32.1. The van der Waals surface area contributed by atoms with Crippen LogP contribution in [-0.4, -0.2) is 15.9 Å². The molecule has 0 fully saturated rings. The summed E-state index contributed by atoms with van der Waals surface area (Å²) < 4.78 is 0. The van der Waals surface area contributed by atoms with Crippen LogP contribution in [0.4, 0.5) is 5.82 Å². The van der Waals surface area contributed by atoms with Crippen LogP contribution < -0.4 is 11.1 Å². The van der Waals surface area contributed by atoms with Gasteiger partial charge in [0.25, 0.3) is 5.91 Å². The van der Waals surface area contributed by atoms with Gasteiger partial charge in [0, 0.05) is 17.3 Å². The zero-order valence-electron chi connectivity index (χ0n) is 14.1. The van der Waals surface area contributed by atoms with Gasteiger partial charge in [-0.2, -0.15) is 0 Å². The Kier molecular flexibility index (Phi) is 5.09. The third kappa shape index (κ3) is 3.85. The lowest BCUT2D eigenvalue weighted by atomic mass is 9.98. The summed E-state index contributed by atoms with van der Waals surface area (Å²) in [4.78, 5) is 21.7. The predicted octanol–water partition coefficient (Wildman–Crippen LogP) is 3.76. The number of nitrogens with two attached hydrogens (primary N) is 1. The summed E-state index contributed by atoms with van der Waals surface area (Å²) in [5.74, 6) is 0.250. The number of nitrogens with one attached hydrogen (secondary N) is 1. The van der Waals surface area contributed by atoms with E-state index in [1.165, 1.54) is 18.0 Å². The van der Waals surface area contributed by atoms with Crippen molar-refractivity contribution in [1.82, 2.24) is 15.3 Å². The summed E-state index contributed by atoms with van der Waals surface area (Å²) in [6.45, 7) is 4.31. The third-order valence-electron chi connectivity index (χ3n) is 3.98. The standard InChI is InChI=1S/C19H20N4OS/c1-12(2)13-5-7-14(8-6-13)16(15-4-3-11-25-15)23-19(24)17-18(20)22-10-9-21-17/h3-12,16H,1-2H3,(H2,20,22)(H,23,24). The number of hydrogen-bond donors (Lipinski definition) is 2. The first-order chi connectivity index (χ1) is 12.1. The highest BCUT2D eigenvalue weighted by Crippen LogP contribution is 2.28. The quantitative estimate of drug-likeness (QED) is 0.732. The maximum absolute atomic E-state index is 12.6. The predicted molar refractivity (Wildman–Crippen MR) is 101 cm³/mol. The van der Waals surface area contributed by atoms with Crippen LogP contribution >= 0.6 is 11.3 Å². The monoisotopic (exact) mass is 352 g/mol. The highest BCUT2D eigenvalue weighted by molar-refractivity contribution is 7.10. The molecule has 1 atom stereocenters. The molecule has 0 aliphatic carbocycles. The average Bonchev–Trinajstić information content (AvgIpc) is 3.14. The number of aromatic nitrogens is 2. The highest BCUT2D eigenvalue weighted by Gasteiger charge is 2.21. The van der Waals surface area contributed by atoms with Gasteiger partial charge in [0.15, 0.2) is 11.5 Å². The summed E-state index contributed by atoms with van der Waals surface area (Å²) in [5, 5.41) is 5.02. The molecule has 3 aromatic rings. The molecule has 0 radical (unpaired) electrons. The van der Waals surface area contributed by atoms with Crippen molar-refractivity contribution in [2.75, 3.05) is 5.73 Å². The van der Waals surface area contributed by atoms with Crippen LogP contribution in [0, 0.1) is 0 Å². The van der Waals surface area contributed by atoms with Crippen LogP contribution in [0.2, 0.25) is 0 Å². The molecule has 0 saturated heterocycles. The second-order valence-electron chi connectivity index (χ2n) is 6.03. The number of anilines is 1. The molecule has 3 N–H and O–H groups in total. The van der Waals surface area contributed by atoms with E-state index >= 15 is 0 Å². The number of benzene rings is 1. The number of hydrogen-bond acceptors (Lipinski definition) is 5. The van der Waals surface area contributed by atoms with E-state index in [-0.39, 0.29) is 23.5 Å². The third-order valence-corrected chi connectivity index (χ3v) is 4.92. The van der Waals surface area contributed by atoms with E-state index in [1.54, 1.807) is 11.3 Å². The fourth-order valence-corrected chi connectivity index (χ4v) is 3.37. The second-order valence-corrected chi connectivity index (χ2v) is 7.01. The van der Waals surface area contributed by atoms with E-state index in [4.69, 9.17) is 5.73 Å². The summed E-state index contributed by atoms with van der Waals surface area (Å²) in [5.41, 5.74) is 8.20. The van der Waals surface area contributed by atoms with Crippen molar-refractivity contribution in [2.45, 2.75) is 25.8 Å². The van der Waals surface area contributed by atoms with Crippen molar-refractivity contribution in [3.63, 3.8) is 0 Å². The van der Waals surface area contributed by atoms with Gasteiger partial charge in [-0.05, 0) is 28.5 Å². The number of amides is 1. The van der Waals surface area contributed by atoms with Crippen LogP contribution in [0.15, 0.2) is 54.2 Å². The van der Waals surface area contributed by atoms with Crippen LogP contribution in [-0.2, 0) is 0 Å². The second kappa shape index (κ2) is 7.44. The minimum atomic E-state index is -0.336. The van der Waals surface area contributed by atoms with Gasteiger partial charge in [0.05, 0.1) is 6.04 Å². The summed E-state index contributed by atoms with van der Waals surface area (Å²) in [6, 6.07) is 12.0. The fraction of sp³-hybridized carbons (Fsp3) is 0.211. The van der Waals surface area contributed by atoms with Crippen LogP contribution in [0.25, 0.3) is 0 Å². The Morgan fingerprint density at radius 1 is 1.08 bits per heavy atom. The first kappa shape index (κ1) is 17.1. The topological polar surface area (TPSA) is 80.9 Å². The average molecular weight is 352 g/mol. The Balaban J connectivity index is 1.91. The molecule has 6 heteroatoms. The Bertz CT molecular complexity index is 844. The van der Waals surface area contributed by atoms with E-state index in [0.29, 0.717) is 5.92 Å². The number of rotatable bonds is 5. The molecule has 0 spiro atoms. The molecule has 128 valence electrons. The lowest BCUT2D eigenvalue weighted by molar-refractivity contribution is 0.0939. The van der Waals surface area contributed by atoms with Crippen molar-refractivity contribution in [3.8, 4) is 0 Å². The van der Waals surface area contributed by atoms with Crippen molar-refractivity contribution in [2.24, 2.45) is 0 Å². The van der Waals surface area contributed by atoms with E-state index < -0.39 is 0 Å². The molecular formula is C19H20N4OS. The molecule has 1 aromatic carbocycles. The Labute approximate surface area is 151 Å². The lowest BCUT2D eigenvalue weighted by Crippen LogP contribution is -2.30. The van der Waals surface area contributed by atoms with Gasteiger partial charge in [-0.3, -0.25) is 4.79 Å². The van der Waals surface area contributed by atoms with E-state index in [9.17, 15) is 4.79 Å². The largest absolute Gasteiger partial charge is 0.382 e. The number of nitrogens with zero attached hydrogens (tertiary/aromatic N) is 2. The number of thiophene rings is 1. The normalized spacial score (nSPS) is 12.1.